The number of aromatic nitrogens is 3. The summed E-state index contributed by atoms with van der Waals surface area (Å²) in [4.78, 5) is 26.7. The van der Waals surface area contributed by atoms with Crippen LogP contribution in [0, 0.1) is 0 Å². The number of amides is 1. The molecular weight excluding hydrogens is 399 g/mol. The first-order valence-corrected chi connectivity index (χ1v) is 9.77. The molecule has 0 bridgehead atoms. The molecule has 7 nitrogen and oxygen atoms in total. The molecule has 26 heavy (non-hydrogen) atoms. The molecule has 0 aromatic carbocycles. The third-order valence-corrected chi connectivity index (χ3v) is 4.81. The largest absolute Gasteiger partial charge is 0.488 e. The summed E-state index contributed by atoms with van der Waals surface area (Å²) in [5, 5.41) is 1.01. The zero-order chi connectivity index (χ0) is 18.5. The average Bonchev–Trinajstić information content (AvgIpc) is 2.67. The Morgan fingerprint density at radius 3 is 3.08 bits per heavy atom. The van der Waals surface area contributed by atoms with Crippen molar-refractivity contribution in [3.05, 3.63) is 40.4 Å². The monoisotopic (exact) mass is 414 g/mol. The predicted molar refractivity (Wildman–Crippen MR) is 99.2 cm³/mol. The molecule has 1 fully saturated rings. The molecule has 1 aliphatic rings. The summed E-state index contributed by atoms with van der Waals surface area (Å²) in [5.41, 5.74) is 0.197. The van der Waals surface area contributed by atoms with Gasteiger partial charge in [-0.25, -0.2) is 15.0 Å². The lowest BCUT2D eigenvalue weighted by molar-refractivity contribution is -0.0403. The summed E-state index contributed by atoms with van der Waals surface area (Å²) in [6.45, 7) is 1.48. The zero-order valence-electron chi connectivity index (χ0n) is 13.9. The Bertz CT molecular complexity index is 796. The predicted octanol–water partition coefficient (Wildman–Crippen LogP) is 2.82. The lowest BCUT2D eigenvalue weighted by Crippen LogP contribution is -2.48. The molecule has 0 aliphatic carbocycles. The maximum Gasteiger partial charge on any atom is 0.274 e. The molecule has 2 aromatic heterocycles. The molecule has 0 N–H and O–H groups in total. The van der Waals surface area contributed by atoms with Crippen LogP contribution in [-0.2, 0) is 4.74 Å². The zero-order valence-corrected chi connectivity index (χ0v) is 16.2. The quantitative estimate of drug-likeness (QED) is 0.422. The molecule has 3 rings (SSSR count). The van der Waals surface area contributed by atoms with Gasteiger partial charge in [-0.2, -0.15) is 0 Å². The van der Waals surface area contributed by atoms with Crippen LogP contribution in [0.5, 0.6) is 5.75 Å². The van der Waals surface area contributed by atoms with Gasteiger partial charge in [0.05, 0.1) is 24.4 Å². The van der Waals surface area contributed by atoms with E-state index in [4.69, 9.17) is 32.7 Å². The Kier molecular flexibility index (Phi) is 6.53. The van der Waals surface area contributed by atoms with Crippen LogP contribution in [0.3, 0.4) is 0 Å². The molecule has 138 valence electrons. The van der Waals surface area contributed by atoms with Gasteiger partial charge in [0.15, 0.2) is 21.8 Å². The van der Waals surface area contributed by atoms with Gasteiger partial charge in [-0.15, -0.1) is 0 Å². The highest BCUT2D eigenvalue weighted by molar-refractivity contribution is 7.98. The fourth-order valence-corrected chi connectivity index (χ4v) is 3.10. The van der Waals surface area contributed by atoms with E-state index < -0.39 is 0 Å². The number of carbonyl (C=O) groups is 1. The summed E-state index contributed by atoms with van der Waals surface area (Å²) in [7, 11) is 0. The number of rotatable bonds is 5. The van der Waals surface area contributed by atoms with E-state index in [2.05, 4.69) is 15.0 Å². The van der Waals surface area contributed by atoms with Crippen LogP contribution in [0.15, 0.2) is 29.7 Å². The van der Waals surface area contributed by atoms with E-state index in [1.807, 2.05) is 6.26 Å². The fourth-order valence-electron chi connectivity index (χ4n) is 2.42. The third kappa shape index (κ3) is 4.56. The van der Waals surface area contributed by atoms with Crippen molar-refractivity contribution in [3.8, 4) is 5.75 Å². The van der Waals surface area contributed by atoms with Crippen molar-refractivity contribution in [2.24, 2.45) is 0 Å². The SMILES string of the molecule is CSc1ncc(Cl)c(C(=O)N2CCOC(COc3cccnc3Cl)C2)n1. The van der Waals surface area contributed by atoms with Crippen molar-refractivity contribution in [1.82, 2.24) is 19.9 Å². The maximum atomic E-state index is 12.8. The molecule has 1 amide bonds. The van der Waals surface area contributed by atoms with Gasteiger partial charge >= 0.3 is 0 Å². The van der Waals surface area contributed by atoms with Gasteiger partial charge in [0, 0.05) is 12.7 Å². The average molecular weight is 415 g/mol. The second kappa shape index (κ2) is 8.85. The minimum atomic E-state index is -0.287. The molecule has 1 atom stereocenters. The molecule has 10 heteroatoms. The van der Waals surface area contributed by atoms with Gasteiger partial charge in [-0.1, -0.05) is 35.0 Å². The first-order valence-electron chi connectivity index (χ1n) is 7.79. The van der Waals surface area contributed by atoms with Crippen LogP contribution in [0.1, 0.15) is 10.5 Å². The number of thioether (sulfide) groups is 1. The summed E-state index contributed by atoms with van der Waals surface area (Å²) >= 11 is 13.4. The molecule has 3 heterocycles. The third-order valence-electron chi connectivity index (χ3n) is 3.68. The standard InChI is InChI=1S/C16H16Cl2N4O3S/c1-26-16-20-7-11(17)13(21-16)15(23)22-5-6-24-10(8-22)9-25-12-3-2-4-19-14(12)18/h2-4,7,10H,5-6,8-9H2,1H3. The van der Waals surface area contributed by atoms with Gasteiger partial charge < -0.3 is 14.4 Å². The number of morpholine rings is 1. The second-order valence-electron chi connectivity index (χ2n) is 5.40. The number of carbonyl (C=O) groups excluding carboxylic acids is 1. The van der Waals surface area contributed by atoms with Crippen molar-refractivity contribution in [3.63, 3.8) is 0 Å². The summed E-state index contributed by atoms with van der Waals surface area (Å²) in [6, 6.07) is 3.46. The van der Waals surface area contributed by atoms with Crippen LogP contribution in [0.25, 0.3) is 0 Å². The topological polar surface area (TPSA) is 77.4 Å². The van der Waals surface area contributed by atoms with Gasteiger partial charge in [0.1, 0.15) is 12.7 Å². The van der Waals surface area contributed by atoms with Gasteiger partial charge in [-0.3, -0.25) is 4.79 Å². The molecular formula is C16H16Cl2N4O3S. The van der Waals surface area contributed by atoms with Crippen LogP contribution in [0.4, 0.5) is 0 Å². The minimum absolute atomic E-state index is 0.197. The Hall–Kier alpha value is -1.61. The molecule has 1 aliphatic heterocycles. The maximum absolute atomic E-state index is 12.8. The van der Waals surface area contributed by atoms with Crippen molar-refractivity contribution >= 4 is 40.9 Å². The van der Waals surface area contributed by atoms with E-state index >= 15 is 0 Å². The highest BCUT2D eigenvalue weighted by atomic mass is 35.5. The molecule has 0 radical (unpaired) electrons. The van der Waals surface area contributed by atoms with Gasteiger partial charge in [0.2, 0.25) is 0 Å². The van der Waals surface area contributed by atoms with Crippen molar-refractivity contribution in [2.75, 3.05) is 32.6 Å². The Labute approximate surface area is 165 Å². The first kappa shape index (κ1) is 19.2. The normalized spacial score (nSPS) is 17.2. The van der Waals surface area contributed by atoms with E-state index in [0.717, 1.165) is 0 Å². The number of halogens is 2. The smallest absolute Gasteiger partial charge is 0.274 e. The second-order valence-corrected chi connectivity index (χ2v) is 6.94. The van der Waals surface area contributed by atoms with E-state index in [9.17, 15) is 4.79 Å². The van der Waals surface area contributed by atoms with Crippen molar-refractivity contribution in [1.29, 1.82) is 0 Å². The number of hydrogen-bond donors (Lipinski definition) is 0. The number of nitrogens with zero attached hydrogens (tertiary/aromatic N) is 4. The van der Waals surface area contributed by atoms with Crippen LogP contribution in [0.2, 0.25) is 10.2 Å². The molecule has 2 aromatic rings. The van der Waals surface area contributed by atoms with E-state index in [-0.39, 0.29) is 34.5 Å². The fraction of sp³-hybridized carbons (Fsp3) is 0.375. The molecule has 1 saturated heterocycles. The lowest BCUT2D eigenvalue weighted by Gasteiger charge is -2.32. The molecule has 1 unspecified atom stereocenters. The summed E-state index contributed by atoms with van der Waals surface area (Å²) < 4.78 is 11.3. The van der Waals surface area contributed by atoms with Crippen LogP contribution in [-0.4, -0.2) is 64.4 Å². The van der Waals surface area contributed by atoms with E-state index in [1.165, 1.54) is 18.0 Å². The van der Waals surface area contributed by atoms with Crippen LogP contribution >= 0.6 is 35.0 Å². The minimum Gasteiger partial charge on any atom is -0.488 e. The van der Waals surface area contributed by atoms with E-state index in [1.54, 1.807) is 23.2 Å². The Morgan fingerprint density at radius 2 is 2.31 bits per heavy atom. The molecule has 0 saturated carbocycles. The molecule has 0 spiro atoms. The lowest BCUT2D eigenvalue weighted by atomic mass is 10.2. The summed E-state index contributed by atoms with van der Waals surface area (Å²) in [5.74, 6) is 0.227. The number of pyridine rings is 1. The Morgan fingerprint density at radius 1 is 1.46 bits per heavy atom. The Balaban J connectivity index is 1.64. The van der Waals surface area contributed by atoms with Gasteiger partial charge in [-0.05, 0) is 18.4 Å². The summed E-state index contributed by atoms with van der Waals surface area (Å²) in [6.07, 6.45) is 4.58. The van der Waals surface area contributed by atoms with Crippen molar-refractivity contribution in [2.45, 2.75) is 11.3 Å². The first-order chi connectivity index (χ1) is 12.6. The highest BCUT2D eigenvalue weighted by Crippen LogP contribution is 2.22. The highest BCUT2D eigenvalue weighted by Gasteiger charge is 2.28. The number of hydrogen-bond acceptors (Lipinski definition) is 7. The van der Waals surface area contributed by atoms with Gasteiger partial charge in [0.25, 0.3) is 5.91 Å². The van der Waals surface area contributed by atoms with Crippen LogP contribution < -0.4 is 4.74 Å². The number of ether oxygens (including phenoxy) is 2. The van der Waals surface area contributed by atoms with Crippen molar-refractivity contribution < 1.29 is 14.3 Å². The van der Waals surface area contributed by atoms with E-state index in [0.29, 0.717) is 30.6 Å².